The van der Waals surface area contributed by atoms with E-state index < -0.39 is 0 Å². The minimum Gasteiger partial charge on any atom is -0.497 e. The van der Waals surface area contributed by atoms with E-state index in [1.54, 1.807) is 7.11 Å². The van der Waals surface area contributed by atoms with Crippen LogP contribution in [0.25, 0.3) is 0 Å². The summed E-state index contributed by atoms with van der Waals surface area (Å²) in [6.45, 7) is 8.53. The van der Waals surface area contributed by atoms with E-state index in [1.807, 2.05) is 6.07 Å². The van der Waals surface area contributed by atoms with Gasteiger partial charge in [-0.25, -0.2) is 0 Å². The first-order valence-electron chi connectivity index (χ1n) is 8.26. The Hall–Kier alpha value is -0.770. The molecule has 0 amide bonds. The zero-order chi connectivity index (χ0) is 14.7. The maximum Gasteiger partial charge on any atom is 0.119 e. The Labute approximate surface area is 140 Å². The molecule has 1 N–H and O–H groups in total. The van der Waals surface area contributed by atoms with Crippen molar-refractivity contribution in [3.63, 3.8) is 0 Å². The Morgan fingerprint density at radius 1 is 1.32 bits per heavy atom. The number of piperidine rings is 1. The third-order valence-electron chi connectivity index (χ3n) is 5.22. The van der Waals surface area contributed by atoms with Crippen LogP contribution in [0.15, 0.2) is 24.3 Å². The van der Waals surface area contributed by atoms with Gasteiger partial charge in [-0.1, -0.05) is 19.1 Å². The standard InChI is InChI=1S/C18H28N2O.ClH/c1-18(8-9-19-13-18)14-20-10-6-15(7-11-20)16-4-3-5-17(12-16)21-2;/h3-5,12,15,19H,6-11,13-14H2,1-2H3;1H. The maximum atomic E-state index is 5.35. The van der Waals surface area contributed by atoms with Gasteiger partial charge in [0.1, 0.15) is 5.75 Å². The molecule has 0 bridgehead atoms. The molecule has 4 heteroatoms. The first-order chi connectivity index (χ1) is 10.2. The van der Waals surface area contributed by atoms with E-state index >= 15 is 0 Å². The van der Waals surface area contributed by atoms with Crippen molar-refractivity contribution in [3.05, 3.63) is 29.8 Å². The first-order valence-corrected chi connectivity index (χ1v) is 8.26. The van der Waals surface area contributed by atoms with Crippen LogP contribution >= 0.6 is 12.4 Å². The lowest BCUT2D eigenvalue weighted by molar-refractivity contribution is 0.144. The minimum atomic E-state index is 0. The molecule has 1 unspecified atom stereocenters. The molecule has 1 aromatic rings. The molecule has 2 saturated heterocycles. The number of hydrogen-bond donors (Lipinski definition) is 1. The Bertz CT molecular complexity index is 466. The average Bonchev–Trinajstić information content (AvgIpc) is 2.94. The van der Waals surface area contributed by atoms with E-state index in [1.165, 1.54) is 57.5 Å². The van der Waals surface area contributed by atoms with Crippen LogP contribution in [0.1, 0.15) is 37.7 Å². The summed E-state index contributed by atoms with van der Waals surface area (Å²) in [6, 6.07) is 8.62. The van der Waals surface area contributed by atoms with E-state index in [-0.39, 0.29) is 12.4 Å². The third-order valence-corrected chi connectivity index (χ3v) is 5.22. The monoisotopic (exact) mass is 324 g/mol. The second kappa shape index (κ2) is 7.67. The summed E-state index contributed by atoms with van der Waals surface area (Å²) < 4.78 is 5.35. The van der Waals surface area contributed by atoms with Crippen LogP contribution in [0, 0.1) is 5.41 Å². The number of nitrogens with zero attached hydrogens (tertiary/aromatic N) is 1. The second-order valence-corrected chi connectivity index (χ2v) is 7.06. The van der Waals surface area contributed by atoms with E-state index in [0.717, 1.165) is 5.75 Å². The summed E-state index contributed by atoms with van der Waals surface area (Å²) in [5, 5.41) is 3.51. The van der Waals surface area contributed by atoms with Crippen molar-refractivity contribution in [1.29, 1.82) is 0 Å². The van der Waals surface area contributed by atoms with Crippen molar-refractivity contribution in [1.82, 2.24) is 10.2 Å². The summed E-state index contributed by atoms with van der Waals surface area (Å²) in [7, 11) is 1.75. The topological polar surface area (TPSA) is 24.5 Å². The number of nitrogens with one attached hydrogen (secondary N) is 1. The van der Waals surface area contributed by atoms with Gasteiger partial charge in [-0.3, -0.25) is 0 Å². The van der Waals surface area contributed by atoms with Gasteiger partial charge in [0.05, 0.1) is 7.11 Å². The molecule has 0 saturated carbocycles. The van der Waals surface area contributed by atoms with E-state index in [0.29, 0.717) is 11.3 Å². The van der Waals surface area contributed by atoms with Crippen LogP contribution in [-0.2, 0) is 0 Å². The van der Waals surface area contributed by atoms with Crippen molar-refractivity contribution in [3.8, 4) is 5.75 Å². The summed E-state index contributed by atoms with van der Waals surface area (Å²) in [6.07, 6.45) is 3.87. The number of methoxy groups -OCH3 is 1. The van der Waals surface area contributed by atoms with Gasteiger partial charge in [0, 0.05) is 13.1 Å². The molecule has 2 aliphatic rings. The number of ether oxygens (including phenoxy) is 1. The minimum absolute atomic E-state index is 0. The van der Waals surface area contributed by atoms with Crippen LogP contribution in [-0.4, -0.2) is 44.7 Å². The molecule has 1 aromatic carbocycles. The first kappa shape index (κ1) is 17.6. The zero-order valence-electron chi connectivity index (χ0n) is 13.8. The van der Waals surface area contributed by atoms with Gasteiger partial charge in [-0.05, 0) is 67.9 Å². The summed E-state index contributed by atoms with van der Waals surface area (Å²) in [5.74, 6) is 1.69. The molecular formula is C18H29ClN2O. The Balaban J connectivity index is 0.00000176. The normalized spacial score (nSPS) is 26.6. The number of likely N-dealkylation sites (tertiary alicyclic amines) is 1. The molecule has 3 nitrogen and oxygen atoms in total. The van der Waals surface area contributed by atoms with Gasteiger partial charge < -0.3 is 15.0 Å². The molecule has 0 aromatic heterocycles. The third kappa shape index (κ3) is 4.15. The fraction of sp³-hybridized carbons (Fsp3) is 0.667. The lowest BCUT2D eigenvalue weighted by atomic mass is 9.85. The predicted octanol–water partition coefficient (Wildman–Crippen LogP) is 3.30. The smallest absolute Gasteiger partial charge is 0.119 e. The quantitative estimate of drug-likeness (QED) is 0.919. The van der Waals surface area contributed by atoms with Crippen LogP contribution in [0.5, 0.6) is 5.75 Å². The lowest BCUT2D eigenvalue weighted by Crippen LogP contribution is -2.41. The van der Waals surface area contributed by atoms with Crippen molar-refractivity contribution in [2.45, 2.75) is 32.1 Å². The molecule has 0 spiro atoms. The van der Waals surface area contributed by atoms with Crippen molar-refractivity contribution >= 4 is 12.4 Å². The van der Waals surface area contributed by atoms with Gasteiger partial charge >= 0.3 is 0 Å². The average molecular weight is 325 g/mol. The highest BCUT2D eigenvalue weighted by molar-refractivity contribution is 5.85. The van der Waals surface area contributed by atoms with Gasteiger partial charge in [0.15, 0.2) is 0 Å². The van der Waals surface area contributed by atoms with Gasteiger partial charge in [0.25, 0.3) is 0 Å². The second-order valence-electron chi connectivity index (χ2n) is 7.06. The highest BCUT2D eigenvalue weighted by Crippen LogP contribution is 2.32. The fourth-order valence-corrected chi connectivity index (χ4v) is 3.86. The molecular weight excluding hydrogens is 296 g/mol. The summed E-state index contributed by atoms with van der Waals surface area (Å²) >= 11 is 0. The number of rotatable bonds is 4. The molecule has 3 rings (SSSR count). The van der Waals surface area contributed by atoms with Crippen molar-refractivity contribution in [2.75, 3.05) is 39.8 Å². The summed E-state index contributed by atoms with van der Waals surface area (Å²) in [4.78, 5) is 2.67. The molecule has 0 aliphatic carbocycles. The number of hydrogen-bond acceptors (Lipinski definition) is 3. The molecule has 2 fully saturated rings. The molecule has 2 aliphatic heterocycles. The van der Waals surface area contributed by atoms with Gasteiger partial charge in [-0.15, -0.1) is 12.4 Å². The predicted molar refractivity (Wildman–Crippen MR) is 94.3 cm³/mol. The van der Waals surface area contributed by atoms with Crippen LogP contribution < -0.4 is 10.1 Å². The highest BCUT2D eigenvalue weighted by atomic mass is 35.5. The molecule has 22 heavy (non-hydrogen) atoms. The summed E-state index contributed by atoms with van der Waals surface area (Å²) in [5.41, 5.74) is 1.94. The van der Waals surface area contributed by atoms with Crippen LogP contribution in [0.4, 0.5) is 0 Å². The van der Waals surface area contributed by atoms with E-state index in [4.69, 9.17) is 4.74 Å². The zero-order valence-corrected chi connectivity index (χ0v) is 14.6. The molecule has 1 atom stereocenters. The van der Waals surface area contributed by atoms with Crippen molar-refractivity contribution in [2.24, 2.45) is 5.41 Å². The largest absolute Gasteiger partial charge is 0.497 e. The van der Waals surface area contributed by atoms with Crippen LogP contribution in [0.2, 0.25) is 0 Å². The van der Waals surface area contributed by atoms with Crippen LogP contribution in [0.3, 0.4) is 0 Å². The number of halogens is 1. The number of benzene rings is 1. The molecule has 124 valence electrons. The maximum absolute atomic E-state index is 5.35. The Morgan fingerprint density at radius 2 is 2.09 bits per heavy atom. The van der Waals surface area contributed by atoms with Gasteiger partial charge in [0.2, 0.25) is 0 Å². The highest BCUT2D eigenvalue weighted by Gasteiger charge is 2.32. The fourth-order valence-electron chi connectivity index (χ4n) is 3.86. The SMILES string of the molecule is COc1cccc(C2CCN(CC3(C)CCNC3)CC2)c1.Cl. The van der Waals surface area contributed by atoms with Crippen molar-refractivity contribution < 1.29 is 4.74 Å². The molecule has 2 heterocycles. The van der Waals surface area contributed by atoms with E-state index in [9.17, 15) is 0 Å². The lowest BCUT2D eigenvalue weighted by Gasteiger charge is -2.37. The Morgan fingerprint density at radius 3 is 2.73 bits per heavy atom. The van der Waals surface area contributed by atoms with E-state index in [2.05, 4.69) is 35.3 Å². The molecule has 0 radical (unpaired) electrons. The van der Waals surface area contributed by atoms with Gasteiger partial charge in [-0.2, -0.15) is 0 Å². The Kier molecular flexibility index (Phi) is 6.13.